The Morgan fingerprint density at radius 1 is 1.44 bits per heavy atom. The molecule has 1 unspecified atom stereocenters. The summed E-state index contributed by atoms with van der Waals surface area (Å²) in [5, 5.41) is 9.08. The molecule has 6 nitrogen and oxygen atoms in total. The van der Waals surface area contributed by atoms with E-state index in [1.54, 1.807) is 0 Å². The summed E-state index contributed by atoms with van der Waals surface area (Å²) in [6.07, 6.45) is 1.31. The molecule has 0 aliphatic carbocycles. The van der Waals surface area contributed by atoms with E-state index < -0.39 is 12.0 Å². The smallest absolute Gasteiger partial charge is 0.327 e. The molecule has 2 rings (SSSR count). The lowest BCUT2D eigenvalue weighted by Gasteiger charge is -2.32. The van der Waals surface area contributed by atoms with Gasteiger partial charge >= 0.3 is 5.97 Å². The minimum atomic E-state index is -1.00. The van der Waals surface area contributed by atoms with Gasteiger partial charge < -0.3 is 15.0 Å². The first-order valence-corrected chi connectivity index (χ1v) is 6.55. The Kier molecular flexibility index (Phi) is 3.71. The molecule has 7 heteroatoms. The van der Waals surface area contributed by atoms with Gasteiger partial charge in [0.2, 0.25) is 5.56 Å². The van der Waals surface area contributed by atoms with E-state index in [-0.39, 0.29) is 11.5 Å². The molecule has 1 amide bonds. The van der Waals surface area contributed by atoms with Crippen molar-refractivity contribution in [3.8, 4) is 0 Å². The second-order valence-electron chi connectivity index (χ2n) is 3.87. The minimum Gasteiger partial charge on any atom is -0.480 e. The van der Waals surface area contributed by atoms with Crippen molar-refractivity contribution >= 4 is 23.6 Å². The summed E-state index contributed by atoms with van der Waals surface area (Å²) in [4.78, 5) is 37.9. The van der Waals surface area contributed by atoms with Crippen LogP contribution in [0.15, 0.2) is 23.1 Å². The summed E-state index contributed by atoms with van der Waals surface area (Å²) in [5.74, 6) is -0.248. The highest BCUT2D eigenvalue weighted by molar-refractivity contribution is 7.99. The van der Waals surface area contributed by atoms with E-state index in [1.165, 1.54) is 35.0 Å². The number of carboxylic acid groups (broad SMARTS) is 1. The second kappa shape index (κ2) is 5.26. The number of hydrogen-bond acceptors (Lipinski definition) is 4. The van der Waals surface area contributed by atoms with Gasteiger partial charge in [-0.2, -0.15) is 11.8 Å². The average Bonchev–Trinajstić information content (AvgIpc) is 2.39. The Hall–Kier alpha value is -1.76. The van der Waals surface area contributed by atoms with E-state index in [9.17, 15) is 14.4 Å². The fourth-order valence-electron chi connectivity index (χ4n) is 1.76. The minimum absolute atomic E-state index is 0.296. The lowest BCUT2D eigenvalue weighted by Crippen LogP contribution is -2.50. The van der Waals surface area contributed by atoms with Crippen LogP contribution in [0.2, 0.25) is 0 Å². The van der Waals surface area contributed by atoms with E-state index >= 15 is 0 Å². The highest BCUT2D eigenvalue weighted by Crippen LogP contribution is 2.18. The molecule has 1 aliphatic rings. The first-order chi connectivity index (χ1) is 8.59. The number of nitrogens with zero attached hydrogens (tertiary/aromatic N) is 1. The van der Waals surface area contributed by atoms with Crippen molar-refractivity contribution in [2.24, 2.45) is 0 Å². The van der Waals surface area contributed by atoms with Crippen LogP contribution >= 0.6 is 11.8 Å². The van der Waals surface area contributed by atoms with Crippen LogP contribution in [-0.4, -0.2) is 51.0 Å². The molecule has 1 saturated heterocycles. The predicted molar refractivity (Wildman–Crippen MR) is 66.8 cm³/mol. The van der Waals surface area contributed by atoms with Crippen LogP contribution < -0.4 is 5.56 Å². The number of hydrogen-bond donors (Lipinski definition) is 2. The van der Waals surface area contributed by atoms with E-state index in [0.29, 0.717) is 17.9 Å². The summed E-state index contributed by atoms with van der Waals surface area (Å²) in [7, 11) is 0. The molecule has 0 spiro atoms. The molecular weight excluding hydrogens is 256 g/mol. The summed E-state index contributed by atoms with van der Waals surface area (Å²) >= 11 is 1.52. The third kappa shape index (κ3) is 2.56. The average molecular weight is 268 g/mol. The van der Waals surface area contributed by atoms with Gasteiger partial charge in [-0.3, -0.25) is 9.59 Å². The first-order valence-electron chi connectivity index (χ1n) is 5.40. The molecule has 2 heterocycles. The molecule has 2 N–H and O–H groups in total. The maximum atomic E-state index is 12.2. The van der Waals surface area contributed by atoms with Crippen LogP contribution in [-0.2, 0) is 4.79 Å². The van der Waals surface area contributed by atoms with Crippen LogP contribution in [0.5, 0.6) is 0 Å². The number of carboxylic acids is 1. The van der Waals surface area contributed by atoms with Gasteiger partial charge in [-0.15, -0.1) is 0 Å². The van der Waals surface area contributed by atoms with E-state index in [1.807, 2.05) is 0 Å². The third-order valence-corrected chi connectivity index (χ3v) is 3.73. The highest BCUT2D eigenvalue weighted by atomic mass is 32.2. The SMILES string of the molecule is O=C(O)C1CSCCN1C(=O)c1ccc(=O)[nH]c1. The number of rotatable bonds is 2. The zero-order valence-corrected chi connectivity index (χ0v) is 10.3. The second-order valence-corrected chi connectivity index (χ2v) is 5.02. The number of carbonyl (C=O) groups excluding carboxylic acids is 1. The number of thioether (sulfide) groups is 1. The standard InChI is InChI=1S/C11H12N2O4S/c14-9-2-1-7(5-12-9)10(15)13-3-4-18-6-8(13)11(16)17/h1-2,5,8H,3-4,6H2,(H,12,14)(H,16,17). The van der Waals surface area contributed by atoms with Gasteiger partial charge in [0.25, 0.3) is 5.91 Å². The number of pyridine rings is 1. The maximum Gasteiger partial charge on any atom is 0.327 e. The molecule has 0 aromatic carbocycles. The number of nitrogens with one attached hydrogen (secondary N) is 1. The van der Waals surface area contributed by atoms with Gasteiger partial charge in [-0.1, -0.05) is 0 Å². The molecule has 1 aliphatic heterocycles. The molecule has 1 fully saturated rings. The monoisotopic (exact) mass is 268 g/mol. The van der Waals surface area contributed by atoms with Gasteiger partial charge in [0.1, 0.15) is 6.04 Å². The van der Waals surface area contributed by atoms with Crippen molar-refractivity contribution in [2.45, 2.75) is 6.04 Å². The Morgan fingerprint density at radius 2 is 2.22 bits per heavy atom. The first kappa shape index (κ1) is 12.7. The fraction of sp³-hybridized carbons (Fsp3) is 0.364. The van der Waals surface area contributed by atoms with Crippen LogP contribution in [0.1, 0.15) is 10.4 Å². The number of aromatic amines is 1. The maximum absolute atomic E-state index is 12.2. The number of aliphatic carboxylic acids is 1. The van der Waals surface area contributed by atoms with Gasteiger partial charge in [-0.25, -0.2) is 4.79 Å². The van der Waals surface area contributed by atoms with E-state index in [0.717, 1.165) is 5.75 Å². The van der Waals surface area contributed by atoms with Crippen molar-refractivity contribution in [1.29, 1.82) is 0 Å². The van der Waals surface area contributed by atoms with Gasteiger partial charge in [0.05, 0.1) is 5.56 Å². The Bertz CT molecular complexity index is 508. The molecule has 96 valence electrons. The molecule has 1 aromatic rings. The number of carbonyl (C=O) groups is 2. The predicted octanol–water partition coefficient (Wildman–Crippen LogP) is 0.0171. The molecule has 0 radical (unpaired) electrons. The van der Waals surface area contributed by atoms with E-state index in [4.69, 9.17) is 5.11 Å². The van der Waals surface area contributed by atoms with Crippen LogP contribution in [0, 0.1) is 0 Å². The number of aromatic nitrogens is 1. The summed E-state index contributed by atoms with van der Waals surface area (Å²) in [6, 6.07) is 1.85. The van der Waals surface area contributed by atoms with Gasteiger partial charge in [-0.05, 0) is 6.07 Å². The Balaban J connectivity index is 2.23. The van der Waals surface area contributed by atoms with E-state index in [2.05, 4.69) is 4.98 Å². The van der Waals surface area contributed by atoms with Gasteiger partial charge in [0.15, 0.2) is 0 Å². The van der Waals surface area contributed by atoms with Crippen LogP contribution in [0.25, 0.3) is 0 Å². The van der Waals surface area contributed by atoms with Crippen LogP contribution in [0.3, 0.4) is 0 Å². The molecule has 0 saturated carbocycles. The van der Waals surface area contributed by atoms with Gasteiger partial charge in [0, 0.05) is 30.3 Å². The fourth-order valence-corrected chi connectivity index (χ4v) is 2.80. The van der Waals surface area contributed by atoms with Crippen molar-refractivity contribution in [1.82, 2.24) is 9.88 Å². The molecular formula is C11H12N2O4S. The van der Waals surface area contributed by atoms with Crippen LogP contribution in [0.4, 0.5) is 0 Å². The zero-order valence-electron chi connectivity index (χ0n) is 9.46. The van der Waals surface area contributed by atoms with Crippen molar-refractivity contribution in [3.05, 3.63) is 34.2 Å². The Labute approximate surface area is 107 Å². The lowest BCUT2D eigenvalue weighted by atomic mass is 10.2. The third-order valence-electron chi connectivity index (χ3n) is 2.71. The highest BCUT2D eigenvalue weighted by Gasteiger charge is 2.32. The number of H-pyrrole nitrogens is 1. The summed E-state index contributed by atoms with van der Waals surface area (Å²) in [6.45, 7) is 0.402. The lowest BCUT2D eigenvalue weighted by molar-refractivity contribution is -0.141. The van der Waals surface area contributed by atoms with Crippen molar-refractivity contribution in [3.63, 3.8) is 0 Å². The number of amides is 1. The quantitative estimate of drug-likeness (QED) is 0.789. The normalized spacial score (nSPS) is 19.6. The largest absolute Gasteiger partial charge is 0.480 e. The Morgan fingerprint density at radius 3 is 2.83 bits per heavy atom. The molecule has 1 atom stereocenters. The van der Waals surface area contributed by atoms with Crippen molar-refractivity contribution < 1.29 is 14.7 Å². The topological polar surface area (TPSA) is 90.5 Å². The van der Waals surface area contributed by atoms with Crippen molar-refractivity contribution in [2.75, 3.05) is 18.1 Å². The molecule has 18 heavy (non-hydrogen) atoms. The molecule has 1 aromatic heterocycles. The summed E-state index contributed by atoms with van der Waals surface area (Å²) < 4.78 is 0. The summed E-state index contributed by atoms with van der Waals surface area (Å²) in [5.41, 5.74) is 0.00304. The zero-order chi connectivity index (χ0) is 13.1. The molecule has 0 bridgehead atoms.